The van der Waals surface area contributed by atoms with Crippen LogP contribution in [0.5, 0.6) is 0 Å². The molecule has 0 saturated heterocycles. The maximum absolute atomic E-state index is 6.95. The molecule has 0 unspecified atom stereocenters. The van der Waals surface area contributed by atoms with Crippen LogP contribution in [0.2, 0.25) is 0 Å². The van der Waals surface area contributed by atoms with Crippen molar-refractivity contribution in [3.05, 3.63) is 210 Å². The van der Waals surface area contributed by atoms with Crippen molar-refractivity contribution >= 4 is 65.3 Å². The van der Waals surface area contributed by atoms with Gasteiger partial charge in [0.15, 0.2) is 0 Å². The Morgan fingerprint density at radius 1 is 0.521 bits per heavy atom. The molecule has 3 aromatic heterocycles. The van der Waals surface area contributed by atoms with E-state index in [1.165, 1.54) is 71.4 Å². The van der Waals surface area contributed by atoms with Gasteiger partial charge < -0.3 is 14.0 Å². The van der Waals surface area contributed by atoms with Gasteiger partial charge in [0.1, 0.15) is 5.58 Å². The average Bonchev–Trinajstić information content (AvgIpc) is 3.96. The van der Waals surface area contributed by atoms with E-state index in [2.05, 4.69) is 230 Å². The number of pyridine rings is 1. The fraction of sp³-hybridized carbons (Fsp3) is 0.206. The van der Waals surface area contributed by atoms with Gasteiger partial charge in [-0.3, -0.25) is 4.98 Å². The van der Waals surface area contributed by atoms with Crippen LogP contribution in [0.15, 0.2) is 180 Å². The zero-order chi connectivity index (χ0) is 50.1. The molecule has 0 amide bonds. The van der Waals surface area contributed by atoms with Gasteiger partial charge in [0.05, 0.1) is 22.4 Å². The molecule has 9 aromatic carbocycles. The minimum atomic E-state index is 0. The van der Waals surface area contributed by atoms with Crippen LogP contribution in [0.3, 0.4) is 0 Å². The summed E-state index contributed by atoms with van der Waals surface area (Å²) in [5.41, 5.74) is 15.7. The van der Waals surface area contributed by atoms with E-state index in [1.807, 2.05) is 36.5 Å². The Labute approximate surface area is 443 Å². The number of rotatable bonds is 6. The maximum Gasteiger partial charge on any atom is 0.121 e. The normalized spacial score (nSPS) is 12.1. The molecular formula is C68H61IrN3O-2. The van der Waals surface area contributed by atoms with Crippen molar-refractivity contribution in [2.24, 2.45) is 0 Å². The first kappa shape index (κ1) is 49.4. The molecule has 12 rings (SSSR count). The molecule has 0 bridgehead atoms. The second-order valence-electron chi connectivity index (χ2n) is 22.1. The average molecular weight is 1130 g/mol. The van der Waals surface area contributed by atoms with E-state index < -0.39 is 0 Å². The van der Waals surface area contributed by atoms with Gasteiger partial charge in [0.25, 0.3) is 0 Å². The summed E-state index contributed by atoms with van der Waals surface area (Å²) in [7, 11) is 0. The number of fused-ring (bicyclic) bond motifs is 9. The second-order valence-corrected chi connectivity index (χ2v) is 22.1. The summed E-state index contributed by atoms with van der Waals surface area (Å²) >= 11 is 0. The quantitative estimate of drug-likeness (QED) is 0.123. The van der Waals surface area contributed by atoms with Crippen LogP contribution < -0.4 is 0 Å². The summed E-state index contributed by atoms with van der Waals surface area (Å²) in [6.07, 6.45) is 1.87. The maximum atomic E-state index is 6.95. The van der Waals surface area contributed by atoms with E-state index in [0.29, 0.717) is 0 Å². The minimum Gasteiger partial charge on any atom is -0.501 e. The molecule has 0 N–H and O–H groups in total. The van der Waals surface area contributed by atoms with Crippen LogP contribution in [-0.2, 0) is 30.9 Å². The van der Waals surface area contributed by atoms with Gasteiger partial charge >= 0.3 is 0 Å². The van der Waals surface area contributed by atoms with Crippen molar-refractivity contribution in [3.63, 3.8) is 0 Å². The van der Waals surface area contributed by atoms with Gasteiger partial charge in [-0.05, 0) is 125 Å². The van der Waals surface area contributed by atoms with Crippen LogP contribution in [0.4, 0.5) is 0 Å². The zero-order valence-corrected chi connectivity index (χ0v) is 45.9. The number of nitrogens with zero attached hydrogens (tertiary/aromatic N) is 3. The van der Waals surface area contributed by atoms with Gasteiger partial charge in [-0.2, -0.15) is 0 Å². The number of furan rings is 1. The Bertz CT molecular complexity index is 3970. The van der Waals surface area contributed by atoms with Crippen molar-refractivity contribution in [2.45, 2.75) is 91.9 Å². The first-order valence-electron chi connectivity index (χ1n) is 25.4. The van der Waals surface area contributed by atoms with Crippen LogP contribution in [0.25, 0.3) is 105 Å². The third-order valence-electron chi connectivity index (χ3n) is 14.4. The number of aromatic nitrogens is 3. The molecule has 5 heteroatoms. The molecule has 12 aromatic rings. The molecule has 0 fully saturated rings. The summed E-state index contributed by atoms with van der Waals surface area (Å²) in [5, 5.41) is 9.35. The molecule has 1 radical (unpaired) electrons. The summed E-state index contributed by atoms with van der Waals surface area (Å²) < 4.78 is 9.39. The molecule has 0 spiro atoms. The van der Waals surface area contributed by atoms with Crippen molar-refractivity contribution in [1.82, 2.24) is 14.5 Å². The fourth-order valence-corrected chi connectivity index (χ4v) is 10.4. The smallest absolute Gasteiger partial charge is 0.121 e. The number of imidazole rings is 1. The standard InChI is InChI=1S/C53H45N2O.C15H16N.Ir/c1-31(2)43-28-37(33-21-24-38(25-22-33)53(5,6)7)29-44(32(3)4)49(43)55-50-40-16-11-9-14-35(40)23-26-47(50)54-52(55)42-18-12-17-41-46-27-36-20-19-34-13-8-10-15-39(34)45(36)30-48(46)56-51(41)42;1-15(2,3)13-9-10-16-14(11-13)12-7-5-4-6-8-12;/h8-17,19-32H,1-7H3;4-7,9-11H,1-3H3;/q2*-1;. The predicted molar refractivity (Wildman–Crippen MR) is 305 cm³/mol. The molecule has 0 saturated carbocycles. The van der Waals surface area contributed by atoms with Gasteiger partial charge in [-0.1, -0.05) is 177 Å². The summed E-state index contributed by atoms with van der Waals surface area (Å²) in [5.74, 6) is 1.32. The SMILES string of the molecule is CC(C)(C)c1ccnc(-c2[c-]cccc2)c1.CC(C)c1cc(-c2ccc(C(C)(C)C)cc2)cc(C(C)C)c1-n1c(-c2[c-]ccc3c2oc2cc4c(ccc5ccccc54)cc23)nc2ccc3ccccc3c21.[Ir]. The molecule has 3 heterocycles. The molecule has 0 atom stereocenters. The molecule has 4 nitrogen and oxygen atoms in total. The Hall–Kier alpha value is -7.17. The van der Waals surface area contributed by atoms with E-state index in [9.17, 15) is 0 Å². The van der Waals surface area contributed by atoms with E-state index in [-0.39, 0.29) is 42.8 Å². The van der Waals surface area contributed by atoms with Crippen LogP contribution in [0.1, 0.15) is 103 Å². The molecule has 0 aliphatic heterocycles. The zero-order valence-electron chi connectivity index (χ0n) is 43.5. The van der Waals surface area contributed by atoms with E-state index in [1.54, 1.807) is 0 Å². The summed E-state index contributed by atoms with van der Waals surface area (Å²) in [6, 6.07) is 67.7. The van der Waals surface area contributed by atoms with Crippen molar-refractivity contribution in [3.8, 4) is 39.5 Å². The monoisotopic (exact) mass is 1130 g/mol. The van der Waals surface area contributed by atoms with E-state index in [0.717, 1.165) is 55.6 Å². The third-order valence-corrected chi connectivity index (χ3v) is 14.4. The first-order valence-corrected chi connectivity index (χ1v) is 25.4. The predicted octanol–water partition coefficient (Wildman–Crippen LogP) is 18.9. The Kier molecular flexibility index (Phi) is 13.1. The van der Waals surface area contributed by atoms with Gasteiger partial charge in [-0.15, -0.1) is 54.1 Å². The topological polar surface area (TPSA) is 43.9 Å². The third kappa shape index (κ3) is 9.20. The van der Waals surface area contributed by atoms with Crippen molar-refractivity contribution in [2.75, 3.05) is 0 Å². The Balaban J connectivity index is 0.000000307. The number of benzene rings is 9. The first-order chi connectivity index (χ1) is 34.6. The fourth-order valence-electron chi connectivity index (χ4n) is 10.4. The van der Waals surface area contributed by atoms with Crippen LogP contribution >= 0.6 is 0 Å². The van der Waals surface area contributed by atoms with Crippen molar-refractivity contribution < 1.29 is 24.5 Å². The summed E-state index contributed by atoms with van der Waals surface area (Å²) in [4.78, 5) is 9.90. The van der Waals surface area contributed by atoms with Gasteiger partial charge in [0, 0.05) is 42.8 Å². The van der Waals surface area contributed by atoms with Crippen LogP contribution in [-0.4, -0.2) is 14.5 Å². The molecular weight excluding hydrogens is 1070 g/mol. The van der Waals surface area contributed by atoms with Crippen molar-refractivity contribution in [1.29, 1.82) is 0 Å². The van der Waals surface area contributed by atoms with Gasteiger partial charge in [-0.25, -0.2) is 0 Å². The number of hydrogen-bond donors (Lipinski definition) is 0. The summed E-state index contributed by atoms with van der Waals surface area (Å²) in [6.45, 7) is 22.7. The minimum absolute atomic E-state index is 0. The van der Waals surface area contributed by atoms with E-state index in [4.69, 9.17) is 9.40 Å². The molecule has 0 aliphatic rings. The Morgan fingerprint density at radius 2 is 1.16 bits per heavy atom. The number of hydrogen-bond acceptors (Lipinski definition) is 3. The molecule has 0 aliphatic carbocycles. The van der Waals surface area contributed by atoms with Crippen LogP contribution in [0, 0.1) is 12.1 Å². The largest absolute Gasteiger partial charge is 0.501 e. The van der Waals surface area contributed by atoms with E-state index >= 15 is 0 Å². The Morgan fingerprint density at radius 3 is 1.84 bits per heavy atom. The molecule has 365 valence electrons. The second kappa shape index (κ2) is 19.4. The molecule has 73 heavy (non-hydrogen) atoms. The van der Waals surface area contributed by atoms with Gasteiger partial charge in [0.2, 0.25) is 0 Å².